The summed E-state index contributed by atoms with van der Waals surface area (Å²) in [5.74, 6) is 0.583. The first-order chi connectivity index (χ1) is 9.63. The molecule has 0 saturated heterocycles. The van der Waals surface area contributed by atoms with Gasteiger partial charge >= 0.3 is 0 Å². The topological polar surface area (TPSA) is 38.3 Å². The SMILES string of the molecule is CNC(=O)C(Oc1cccc(C)c1C)c1ccccc1. The second-order valence-electron chi connectivity index (χ2n) is 4.72. The average Bonchev–Trinajstić information content (AvgIpc) is 2.49. The first-order valence-corrected chi connectivity index (χ1v) is 6.63. The highest BCUT2D eigenvalue weighted by molar-refractivity contribution is 5.82. The predicted octanol–water partition coefficient (Wildman–Crippen LogP) is 3.17. The predicted molar refractivity (Wildman–Crippen MR) is 79.8 cm³/mol. The molecule has 0 aliphatic heterocycles. The van der Waals surface area contributed by atoms with Gasteiger partial charge in [0.1, 0.15) is 5.75 Å². The molecule has 2 aromatic rings. The van der Waals surface area contributed by atoms with Gasteiger partial charge in [0.25, 0.3) is 5.91 Å². The van der Waals surface area contributed by atoms with Crippen LogP contribution in [0.4, 0.5) is 0 Å². The number of nitrogens with one attached hydrogen (secondary N) is 1. The van der Waals surface area contributed by atoms with Gasteiger partial charge < -0.3 is 10.1 Å². The fourth-order valence-corrected chi connectivity index (χ4v) is 2.01. The highest BCUT2D eigenvalue weighted by Crippen LogP contribution is 2.27. The lowest BCUT2D eigenvalue weighted by Crippen LogP contribution is -2.29. The standard InChI is InChI=1S/C17H19NO2/c1-12-8-7-11-15(13(12)2)20-16(17(19)18-3)14-9-5-4-6-10-14/h4-11,16H,1-3H3,(H,18,19). The fourth-order valence-electron chi connectivity index (χ4n) is 2.01. The summed E-state index contributed by atoms with van der Waals surface area (Å²) >= 11 is 0. The van der Waals surface area contributed by atoms with E-state index in [1.807, 2.05) is 62.4 Å². The van der Waals surface area contributed by atoms with Crippen molar-refractivity contribution in [3.63, 3.8) is 0 Å². The average molecular weight is 269 g/mol. The number of likely N-dealkylation sites (N-methyl/N-ethyl adjacent to an activating group) is 1. The Balaban J connectivity index is 2.34. The summed E-state index contributed by atoms with van der Waals surface area (Å²) in [4.78, 5) is 12.1. The Labute approximate surface area is 119 Å². The third-order valence-corrected chi connectivity index (χ3v) is 3.39. The first kappa shape index (κ1) is 14.1. The van der Waals surface area contributed by atoms with Crippen LogP contribution in [-0.4, -0.2) is 13.0 Å². The van der Waals surface area contributed by atoms with Crippen LogP contribution in [-0.2, 0) is 4.79 Å². The van der Waals surface area contributed by atoms with E-state index in [9.17, 15) is 4.79 Å². The molecule has 0 saturated carbocycles. The molecule has 0 aromatic heterocycles. The number of hydrogen-bond acceptors (Lipinski definition) is 2. The second-order valence-corrected chi connectivity index (χ2v) is 4.72. The summed E-state index contributed by atoms with van der Waals surface area (Å²) in [6.07, 6.45) is -0.637. The van der Waals surface area contributed by atoms with Gasteiger partial charge in [-0.25, -0.2) is 0 Å². The molecule has 0 radical (unpaired) electrons. The highest BCUT2D eigenvalue weighted by Gasteiger charge is 2.22. The molecule has 2 rings (SSSR count). The third kappa shape index (κ3) is 2.99. The summed E-state index contributed by atoms with van der Waals surface area (Å²) in [6, 6.07) is 15.4. The minimum atomic E-state index is -0.637. The van der Waals surface area contributed by atoms with E-state index in [2.05, 4.69) is 5.32 Å². The summed E-state index contributed by atoms with van der Waals surface area (Å²) in [5.41, 5.74) is 3.04. The molecule has 0 aliphatic rings. The lowest BCUT2D eigenvalue weighted by molar-refractivity contribution is -0.127. The molecular weight excluding hydrogens is 250 g/mol. The van der Waals surface area contributed by atoms with Gasteiger partial charge in [-0.2, -0.15) is 0 Å². The van der Waals surface area contributed by atoms with Gasteiger partial charge in [-0.05, 0) is 31.0 Å². The monoisotopic (exact) mass is 269 g/mol. The molecule has 2 aromatic carbocycles. The van der Waals surface area contributed by atoms with Crippen LogP contribution < -0.4 is 10.1 Å². The van der Waals surface area contributed by atoms with Crippen molar-refractivity contribution in [2.24, 2.45) is 0 Å². The van der Waals surface area contributed by atoms with Crippen LogP contribution in [0.5, 0.6) is 5.75 Å². The Hall–Kier alpha value is -2.29. The van der Waals surface area contributed by atoms with Gasteiger partial charge in [0, 0.05) is 12.6 Å². The molecule has 0 heterocycles. The Kier molecular flexibility index (Phi) is 4.41. The van der Waals surface area contributed by atoms with Crippen LogP contribution in [0.25, 0.3) is 0 Å². The molecule has 1 amide bonds. The number of amides is 1. The quantitative estimate of drug-likeness (QED) is 0.925. The largest absolute Gasteiger partial charge is 0.476 e. The van der Waals surface area contributed by atoms with Crippen LogP contribution >= 0.6 is 0 Å². The van der Waals surface area contributed by atoms with Crippen molar-refractivity contribution >= 4 is 5.91 Å². The van der Waals surface area contributed by atoms with Crippen LogP contribution in [0.2, 0.25) is 0 Å². The molecule has 0 spiro atoms. The number of rotatable bonds is 4. The normalized spacial score (nSPS) is 11.8. The maximum absolute atomic E-state index is 12.1. The lowest BCUT2D eigenvalue weighted by atomic mass is 10.1. The van der Waals surface area contributed by atoms with E-state index in [0.717, 1.165) is 22.4 Å². The highest BCUT2D eigenvalue weighted by atomic mass is 16.5. The second kappa shape index (κ2) is 6.24. The molecule has 20 heavy (non-hydrogen) atoms. The van der Waals surface area contributed by atoms with Crippen LogP contribution in [0.15, 0.2) is 48.5 Å². The Morgan fingerprint density at radius 3 is 2.40 bits per heavy atom. The van der Waals surface area contributed by atoms with E-state index >= 15 is 0 Å². The summed E-state index contributed by atoms with van der Waals surface area (Å²) < 4.78 is 5.95. The van der Waals surface area contributed by atoms with Gasteiger partial charge in [0.05, 0.1) is 0 Å². The van der Waals surface area contributed by atoms with E-state index in [4.69, 9.17) is 4.74 Å². The van der Waals surface area contributed by atoms with Crippen LogP contribution in [0, 0.1) is 13.8 Å². The number of aryl methyl sites for hydroxylation is 1. The molecule has 1 atom stereocenters. The van der Waals surface area contributed by atoms with Gasteiger partial charge in [0.2, 0.25) is 6.10 Å². The summed E-state index contributed by atoms with van der Waals surface area (Å²) in [7, 11) is 1.62. The lowest BCUT2D eigenvalue weighted by Gasteiger charge is -2.20. The zero-order valence-corrected chi connectivity index (χ0v) is 12.0. The van der Waals surface area contributed by atoms with Crippen molar-refractivity contribution in [1.29, 1.82) is 0 Å². The van der Waals surface area contributed by atoms with E-state index in [0.29, 0.717) is 0 Å². The van der Waals surface area contributed by atoms with Crippen LogP contribution in [0.3, 0.4) is 0 Å². The molecule has 1 unspecified atom stereocenters. The number of carbonyl (C=O) groups is 1. The summed E-state index contributed by atoms with van der Waals surface area (Å²) in [6.45, 7) is 4.02. The number of carbonyl (C=O) groups excluding carboxylic acids is 1. The number of hydrogen-bond donors (Lipinski definition) is 1. The molecule has 3 nitrogen and oxygen atoms in total. The molecule has 0 fully saturated rings. The van der Waals surface area contributed by atoms with Crippen molar-refractivity contribution in [3.05, 3.63) is 65.2 Å². The minimum Gasteiger partial charge on any atom is -0.476 e. The van der Waals surface area contributed by atoms with Crippen LogP contribution in [0.1, 0.15) is 22.8 Å². The van der Waals surface area contributed by atoms with Gasteiger partial charge in [-0.1, -0.05) is 42.5 Å². The Bertz CT molecular complexity index is 593. The molecule has 0 aliphatic carbocycles. The van der Waals surface area contributed by atoms with E-state index in [1.165, 1.54) is 0 Å². The van der Waals surface area contributed by atoms with E-state index in [1.54, 1.807) is 7.05 Å². The van der Waals surface area contributed by atoms with E-state index in [-0.39, 0.29) is 5.91 Å². The van der Waals surface area contributed by atoms with Crippen molar-refractivity contribution in [3.8, 4) is 5.75 Å². The molecule has 0 bridgehead atoms. The van der Waals surface area contributed by atoms with Crippen molar-refractivity contribution < 1.29 is 9.53 Å². The maximum atomic E-state index is 12.1. The Morgan fingerprint density at radius 1 is 1.05 bits per heavy atom. The van der Waals surface area contributed by atoms with Crippen molar-refractivity contribution in [2.75, 3.05) is 7.05 Å². The Morgan fingerprint density at radius 2 is 1.75 bits per heavy atom. The smallest absolute Gasteiger partial charge is 0.265 e. The van der Waals surface area contributed by atoms with Crippen molar-refractivity contribution in [2.45, 2.75) is 20.0 Å². The van der Waals surface area contributed by atoms with Gasteiger partial charge in [-0.15, -0.1) is 0 Å². The minimum absolute atomic E-state index is 0.155. The molecule has 3 heteroatoms. The number of ether oxygens (including phenoxy) is 1. The van der Waals surface area contributed by atoms with Gasteiger partial charge in [-0.3, -0.25) is 4.79 Å². The van der Waals surface area contributed by atoms with E-state index < -0.39 is 6.10 Å². The van der Waals surface area contributed by atoms with Gasteiger partial charge in [0.15, 0.2) is 0 Å². The first-order valence-electron chi connectivity index (χ1n) is 6.63. The number of benzene rings is 2. The zero-order chi connectivity index (χ0) is 14.5. The maximum Gasteiger partial charge on any atom is 0.265 e. The molecular formula is C17H19NO2. The fraction of sp³-hybridized carbons (Fsp3) is 0.235. The van der Waals surface area contributed by atoms with Crippen molar-refractivity contribution in [1.82, 2.24) is 5.32 Å². The molecule has 1 N–H and O–H groups in total. The summed E-state index contributed by atoms with van der Waals surface area (Å²) in [5, 5.41) is 2.65. The third-order valence-electron chi connectivity index (χ3n) is 3.39. The molecule has 104 valence electrons. The zero-order valence-electron chi connectivity index (χ0n) is 12.0.